The molecule has 0 radical (unpaired) electrons. The van der Waals surface area contributed by atoms with Gasteiger partial charge in [-0.1, -0.05) is 48.5 Å². The molecule has 0 saturated carbocycles. The zero-order chi connectivity index (χ0) is 18.4. The Balaban J connectivity index is 1.81. The van der Waals surface area contributed by atoms with Crippen molar-refractivity contribution < 1.29 is 19.6 Å². The van der Waals surface area contributed by atoms with Crippen LogP contribution in [0.25, 0.3) is 10.9 Å². The first kappa shape index (κ1) is 17.9. The second-order valence-electron chi connectivity index (χ2n) is 6.20. The van der Waals surface area contributed by atoms with E-state index in [9.17, 15) is 9.59 Å². The van der Waals surface area contributed by atoms with Crippen LogP contribution in [0.5, 0.6) is 0 Å². The number of esters is 1. The van der Waals surface area contributed by atoms with Crippen molar-refractivity contribution in [1.82, 2.24) is 4.98 Å². The first-order chi connectivity index (χ1) is 12.7. The van der Waals surface area contributed by atoms with Gasteiger partial charge in [-0.25, -0.2) is 0 Å². The highest BCUT2D eigenvalue weighted by Gasteiger charge is 2.27. The van der Waals surface area contributed by atoms with Gasteiger partial charge in [0.25, 0.3) is 0 Å². The van der Waals surface area contributed by atoms with Crippen molar-refractivity contribution in [1.29, 1.82) is 0 Å². The standard InChI is InChI=1S/C21H22N2O3/c1-26-19(24)12-7-13-22-20(15-8-3-2-4-9-15)21(25)17-14-23-18-11-6-5-10-16(17)18/h2-6,8-11,14,20,22-23H,7,12-13H2,1H3/p+1/t20-/m1/s1. The van der Waals surface area contributed by atoms with Crippen molar-refractivity contribution in [2.75, 3.05) is 13.7 Å². The van der Waals surface area contributed by atoms with Crippen LogP contribution < -0.4 is 5.32 Å². The highest BCUT2D eigenvalue weighted by Crippen LogP contribution is 2.22. The van der Waals surface area contributed by atoms with Crippen molar-refractivity contribution in [3.63, 3.8) is 0 Å². The zero-order valence-electron chi connectivity index (χ0n) is 14.8. The van der Waals surface area contributed by atoms with E-state index < -0.39 is 0 Å². The Morgan fingerprint density at radius 1 is 1.08 bits per heavy atom. The summed E-state index contributed by atoms with van der Waals surface area (Å²) in [5.74, 6) is -0.163. The monoisotopic (exact) mass is 351 g/mol. The van der Waals surface area contributed by atoms with Gasteiger partial charge >= 0.3 is 5.97 Å². The van der Waals surface area contributed by atoms with Gasteiger partial charge in [-0.05, 0) is 6.07 Å². The number of rotatable bonds is 8. The molecule has 3 N–H and O–H groups in total. The molecular weight excluding hydrogens is 328 g/mol. The Morgan fingerprint density at radius 3 is 2.58 bits per heavy atom. The average molecular weight is 351 g/mol. The summed E-state index contributed by atoms with van der Waals surface area (Å²) in [7, 11) is 1.39. The molecule has 5 heteroatoms. The molecule has 0 aliphatic rings. The van der Waals surface area contributed by atoms with E-state index in [1.54, 1.807) is 6.20 Å². The summed E-state index contributed by atoms with van der Waals surface area (Å²) >= 11 is 0. The molecule has 5 nitrogen and oxygen atoms in total. The maximum absolute atomic E-state index is 13.3. The van der Waals surface area contributed by atoms with Crippen LogP contribution in [0, 0.1) is 0 Å². The van der Waals surface area contributed by atoms with Crippen LogP contribution in [-0.4, -0.2) is 30.4 Å². The number of fused-ring (bicyclic) bond motifs is 1. The number of quaternary nitrogens is 1. The lowest BCUT2D eigenvalue weighted by Gasteiger charge is -2.15. The summed E-state index contributed by atoms with van der Waals surface area (Å²) in [6, 6.07) is 17.2. The van der Waals surface area contributed by atoms with Crippen LogP contribution in [-0.2, 0) is 9.53 Å². The smallest absolute Gasteiger partial charge is 0.305 e. The SMILES string of the molecule is COC(=O)CCC[NH2+][C@@H](C(=O)c1c[nH]c2ccccc12)c1ccccc1. The fourth-order valence-electron chi connectivity index (χ4n) is 3.13. The molecule has 26 heavy (non-hydrogen) atoms. The summed E-state index contributed by atoms with van der Waals surface area (Å²) in [6.07, 6.45) is 2.80. The van der Waals surface area contributed by atoms with Gasteiger partial charge in [0.2, 0.25) is 5.78 Å². The third-order valence-corrected chi connectivity index (χ3v) is 4.51. The summed E-state index contributed by atoms with van der Waals surface area (Å²) in [6.45, 7) is 0.669. The molecule has 0 aliphatic carbocycles. The molecule has 1 heterocycles. The van der Waals surface area contributed by atoms with Gasteiger partial charge in [0.15, 0.2) is 6.04 Å². The predicted molar refractivity (Wildman–Crippen MR) is 99.9 cm³/mol. The molecular formula is C21H23N2O3+. The Hall–Kier alpha value is -2.92. The molecule has 0 unspecified atom stereocenters. The van der Waals surface area contributed by atoms with Gasteiger partial charge in [0, 0.05) is 34.6 Å². The van der Waals surface area contributed by atoms with Gasteiger partial charge in [0.1, 0.15) is 0 Å². The molecule has 2 aromatic carbocycles. The van der Waals surface area contributed by atoms with Crippen molar-refractivity contribution in [3.8, 4) is 0 Å². The van der Waals surface area contributed by atoms with E-state index >= 15 is 0 Å². The third kappa shape index (κ3) is 4.00. The number of hydrogen-bond donors (Lipinski definition) is 2. The number of carbonyl (C=O) groups is 2. The Kier molecular flexibility index (Phi) is 5.81. The number of nitrogens with one attached hydrogen (secondary N) is 1. The number of para-hydroxylation sites is 1. The number of ketones is 1. The van der Waals surface area contributed by atoms with Crippen molar-refractivity contribution in [2.45, 2.75) is 18.9 Å². The fourth-order valence-corrected chi connectivity index (χ4v) is 3.13. The van der Waals surface area contributed by atoms with Crippen molar-refractivity contribution in [3.05, 3.63) is 71.9 Å². The molecule has 3 aromatic rings. The fraction of sp³-hybridized carbons (Fsp3) is 0.238. The zero-order valence-corrected chi connectivity index (χ0v) is 14.8. The number of aromatic nitrogens is 1. The number of benzene rings is 2. The number of ether oxygens (including phenoxy) is 1. The van der Waals surface area contributed by atoms with E-state index in [2.05, 4.69) is 9.72 Å². The Bertz CT molecular complexity index is 886. The minimum absolute atomic E-state index is 0.0618. The van der Waals surface area contributed by atoms with Gasteiger partial charge in [-0.15, -0.1) is 0 Å². The minimum Gasteiger partial charge on any atom is -0.469 e. The van der Waals surface area contributed by atoms with E-state index in [0.717, 1.165) is 16.5 Å². The van der Waals surface area contributed by atoms with Gasteiger partial charge in [0.05, 0.1) is 20.1 Å². The third-order valence-electron chi connectivity index (χ3n) is 4.51. The van der Waals surface area contributed by atoms with Crippen LogP contribution in [0.2, 0.25) is 0 Å². The van der Waals surface area contributed by atoms with Crippen LogP contribution in [0.15, 0.2) is 60.8 Å². The maximum Gasteiger partial charge on any atom is 0.305 e. The predicted octanol–water partition coefficient (Wildman–Crippen LogP) is 2.61. The first-order valence-electron chi connectivity index (χ1n) is 8.76. The molecule has 0 aliphatic heterocycles. The van der Waals surface area contributed by atoms with Gasteiger partial charge in [-0.3, -0.25) is 9.59 Å². The van der Waals surface area contributed by atoms with Crippen molar-refractivity contribution in [2.24, 2.45) is 0 Å². The number of H-pyrrole nitrogens is 1. The molecule has 0 bridgehead atoms. The summed E-state index contributed by atoms with van der Waals surface area (Å²) < 4.78 is 4.67. The molecule has 0 fully saturated rings. The van der Waals surface area contributed by atoms with Gasteiger partial charge < -0.3 is 15.0 Å². The number of Topliss-reactive ketones (excluding diaryl/α,β-unsaturated/α-hetero) is 1. The summed E-state index contributed by atoms with van der Waals surface area (Å²) in [5, 5.41) is 2.93. The van der Waals surface area contributed by atoms with Crippen LogP contribution in [0.3, 0.4) is 0 Å². The highest BCUT2D eigenvalue weighted by atomic mass is 16.5. The Morgan fingerprint density at radius 2 is 1.81 bits per heavy atom. The molecule has 134 valence electrons. The van der Waals surface area contributed by atoms with E-state index in [0.29, 0.717) is 24.9 Å². The van der Waals surface area contributed by atoms with Gasteiger partial charge in [-0.2, -0.15) is 0 Å². The second kappa shape index (κ2) is 8.45. The number of hydrogen-bond acceptors (Lipinski definition) is 3. The average Bonchev–Trinajstić information content (AvgIpc) is 3.12. The maximum atomic E-state index is 13.3. The topological polar surface area (TPSA) is 75.8 Å². The van der Waals surface area contributed by atoms with E-state index in [-0.39, 0.29) is 17.8 Å². The van der Waals surface area contributed by atoms with E-state index in [1.807, 2.05) is 59.9 Å². The highest BCUT2D eigenvalue weighted by molar-refractivity contribution is 6.09. The Labute approximate surface area is 152 Å². The van der Waals surface area contributed by atoms with Crippen molar-refractivity contribution >= 4 is 22.7 Å². The lowest BCUT2D eigenvalue weighted by molar-refractivity contribution is -0.681. The molecule has 0 amide bonds. The van der Waals surface area contributed by atoms with E-state index in [4.69, 9.17) is 0 Å². The molecule has 1 aromatic heterocycles. The first-order valence-corrected chi connectivity index (χ1v) is 8.76. The number of aromatic amines is 1. The summed E-state index contributed by atoms with van der Waals surface area (Å²) in [5.41, 5.74) is 2.60. The van der Waals surface area contributed by atoms with E-state index in [1.165, 1.54) is 7.11 Å². The normalized spacial score (nSPS) is 12.0. The number of carbonyl (C=O) groups excluding carboxylic acids is 2. The minimum atomic E-state index is -0.340. The van der Waals surface area contributed by atoms with Crippen LogP contribution >= 0.6 is 0 Å². The molecule has 1 atom stereocenters. The second-order valence-corrected chi connectivity index (χ2v) is 6.20. The van der Waals surface area contributed by atoms with Crippen LogP contribution in [0.1, 0.15) is 34.8 Å². The lowest BCUT2D eigenvalue weighted by Crippen LogP contribution is -2.87. The molecule has 0 spiro atoms. The largest absolute Gasteiger partial charge is 0.469 e. The number of nitrogens with two attached hydrogens (primary N) is 1. The summed E-state index contributed by atoms with van der Waals surface area (Å²) in [4.78, 5) is 27.7. The number of methoxy groups -OCH3 is 1. The quantitative estimate of drug-likeness (QED) is 0.372. The van der Waals surface area contributed by atoms with Crippen LogP contribution in [0.4, 0.5) is 0 Å². The molecule has 3 rings (SSSR count). The molecule has 0 saturated heterocycles. The lowest BCUT2D eigenvalue weighted by atomic mass is 9.97.